The quantitative estimate of drug-likeness (QED) is 0.0153. The summed E-state index contributed by atoms with van der Waals surface area (Å²) in [5, 5.41) is 8.49. The highest BCUT2D eigenvalue weighted by atomic mass is 16.2. The summed E-state index contributed by atoms with van der Waals surface area (Å²) in [6, 6.07) is 0. The van der Waals surface area contributed by atoms with Gasteiger partial charge in [-0.2, -0.15) is 0 Å². The van der Waals surface area contributed by atoms with Crippen molar-refractivity contribution >= 4 is 69.8 Å². The maximum Gasteiger partial charge on any atom is 0.185 e. The van der Waals surface area contributed by atoms with Gasteiger partial charge in [0.25, 0.3) is 0 Å². The molecule has 23 N–H and O–H groups in total. The number of nitrogens with two attached hydrogens (primary N) is 10. The lowest BCUT2D eigenvalue weighted by Gasteiger charge is -2.05. The molecule has 0 amide bonds. The van der Waals surface area contributed by atoms with E-state index in [0.717, 1.165) is 103 Å². The largest absolute Gasteiger partial charge is 0.386 e. The van der Waals surface area contributed by atoms with Crippen LogP contribution in [0.5, 0.6) is 0 Å². The second kappa shape index (κ2) is 98.2. The highest BCUT2D eigenvalue weighted by Crippen LogP contribution is 2.09. The van der Waals surface area contributed by atoms with Crippen LogP contribution in [0.15, 0.2) is 47.2 Å². The first-order chi connectivity index (χ1) is 48.6. The van der Waals surface area contributed by atoms with E-state index in [4.69, 9.17) is 57.3 Å². The number of carbonyl (C=O) groups excluding carboxylic acids is 10. The molecular weight excluding hydrogens is 1390 g/mol. The van der Waals surface area contributed by atoms with Crippen LogP contribution in [-0.4, -0.2) is 122 Å². The second-order valence-corrected chi connectivity index (χ2v) is 28.6. The minimum atomic E-state index is 0. The molecule has 0 aliphatic rings. The van der Waals surface area contributed by atoms with Crippen LogP contribution in [-0.2, 0) is 47.9 Å². The van der Waals surface area contributed by atoms with Gasteiger partial charge in [-0.3, -0.25) is 57.9 Å². The van der Waals surface area contributed by atoms with E-state index in [9.17, 15) is 47.9 Å². The Labute approximate surface area is 677 Å². The van der Waals surface area contributed by atoms with Crippen LogP contribution in [0.4, 0.5) is 0 Å². The molecule has 0 aromatic heterocycles. The molecule has 0 atom stereocenters. The summed E-state index contributed by atoms with van der Waals surface area (Å²) >= 11 is 0. The molecule has 0 unspecified atom stereocenters. The molecule has 0 aromatic carbocycles. The van der Waals surface area contributed by atoms with E-state index in [-0.39, 0.29) is 132 Å². The highest BCUT2D eigenvalue weighted by molar-refractivity contribution is 5.84. The highest BCUT2D eigenvalue weighted by Gasteiger charge is 2.11. The van der Waals surface area contributed by atoms with Gasteiger partial charge in [0.15, 0.2) is 17.7 Å². The number of Topliss-reactive ketones (excluding diaryl/α,β-unsaturated/α-hetero) is 10. The molecule has 0 aliphatic heterocycles. The minimum absolute atomic E-state index is 0. The Hall–Kier alpha value is -6.86. The Morgan fingerprint density at radius 1 is 0.273 bits per heavy atom. The van der Waals surface area contributed by atoms with Gasteiger partial charge < -0.3 is 73.3 Å². The number of nitrogens with zero attached hydrogens (tertiary/aromatic N) is 2. The van der Waals surface area contributed by atoms with Crippen molar-refractivity contribution in [3.63, 3.8) is 0 Å². The molecule has 25 nitrogen and oxygen atoms in total. The minimum Gasteiger partial charge on any atom is -0.386 e. The van der Waals surface area contributed by atoms with Crippen molar-refractivity contribution in [1.82, 2.24) is 16.0 Å². The molecule has 0 saturated heterocycles. The van der Waals surface area contributed by atoms with Gasteiger partial charge in [-0.25, -0.2) is 0 Å². The molecule has 0 bridgehead atoms. The fourth-order valence-electron chi connectivity index (χ4n) is 6.99. The molecule has 660 valence electrons. The van der Waals surface area contributed by atoms with Crippen molar-refractivity contribution in [3.05, 3.63) is 37.2 Å². The van der Waals surface area contributed by atoms with Crippen molar-refractivity contribution in [3.8, 4) is 0 Å². The molecule has 0 spiro atoms. The van der Waals surface area contributed by atoms with E-state index >= 15 is 0 Å². The predicted octanol–water partition coefficient (Wildman–Crippen LogP) is 14.4. The number of hydrogen-bond acceptors (Lipinski definition) is 21. The van der Waals surface area contributed by atoms with E-state index in [1.807, 2.05) is 145 Å². The third kappa shape index (κ3) is 131. The fourth-order valence-corrected chi connectivity index (χ4v) is 6.99. The topological polar surface area (TPSA) is 492 Å². The molecular formula is C85H185N15O10. The molecule has 110 heavy (non-hydrogen) atoms. The van der Waals surface area contributed by atoms with Crippen LogP contribution >= 0.6 is 0 Å². The zero-order chi connectivity index (χ0) is 84.2. The van der Waals surface area contributed by atoms with E-state index in [2.05, 4.69) is 52.6 Å². The SMILES string of the molecule is C.C.C.C.C.C=C(N)NCC(=O)C(C)C.C=C(N)NCCCC(=O)C(C)C.C=C(N)NCCCCCC(=O)C(C)C.CC(C)C(=O)CCCCCN.CC(C)C(=O)CCCCN=C(N)N.CC(C)C(=O)CCCN.CC(C)C(=O)CCN.CC(C)C(=O)CCN=C(N)N.CCC(=O)C(C)C.CCCCCC(=O)C(C)C. The van der Waals surface area contributed by atoms with Crippen molar-refractivity contribution in [2.24, 2.45) is 127 Å². The van der Waals surface area contributed by atoms with Crippen LogP contribution in [0.2, 0.25) is 0 Å². The van der Waals surface area contributed by atoms with Crippen molar-refractivity contribution in [2.75, 3.05) is 52.4 Å². The Kier molecular flexibility index (Phi) is 124. The zero-order valence-corrected chi connectivity index (χ0v) is 70.9. The van der Waals surface area contributed by atoms with E-state index in [0.29, 0.717) is 129 Å². The van der Waals surface area contributed by atoms with Gasteiger partial charge in [0, 0.05) is 143 Å². The normalized spacial score (nSPS) is 9.59. The fraction of sp³-hybridized carbons (Fsp3) is 0.788. The number of rotatable bonds is 48. The molecule has 0 aliphatic carbocycles. The Morgan fingerprint density at radius 3 is 0.782 bits per heavy atom. The number of unbranched alkanes of at least 4 members (excludes halogenated alkanes) is 7. The van der Waals surface area contributed by atoms with Crippen LogP contribution in [0.3, 0.4) is 0 Å². The first-order valence-electron chi connectivity index (χ1n) is 38.6. The molecule has 0 saturated carbocycles. The summed E-state index contributed by atoms with van der Waals surface area (Å²) in [6.07, 6.45) is 18.9. The summed E-state index contributed by atoms with van der Waals surface area (Å²) in [4.78, 5) is 117. The summed E-state index contributed by atoms with van der Waals surface area (Å²) in [5.41, 5.74) is 51.9. The first-order valence-corrected chi connectivity index (χ1v) is 38.6. The summed E-state index contributed by atoms with van der Waals surface area (Å²) < 4.78 is 0. The molecule has 0 fully saturated rings. The second-order valence-electron chi connectivity index (χ2n) is 28.6. The average Bonchev–Trinajstić information content (AvgIpc) is 1.05. The van der Waals surface area contributed by atoms with Gasteiger partial charge in [0.2, 0.25) is 0 Å². The Bertz CT molecular complexity index is 2310. The van der Waals surface area contributed by atoms with Crippen LogP contribution < -0.4 is 73.3 Å². The van der Waals surface area contributed by atoms with Gasteiger partial charge in [0.05, 0.1) is 24.0 Å². The number of nitrogens with one attached hydrogen (secondary N) is 3. The van der Waals surface area contributed by atoms with Gasteiger partial charge in [-0.15, -0.1) is 0 Å². The van der Waals surface area contributed by atoms with E-state index < -0.39 is 0 Å². The van der Waals surface area contributed by atoms with Crippen LogP contribution in [0.1, 0.15) is 331 Å². The predicted molar refractivity (Wildman–Crippen MR) is 478 cm³/mol. The zero-order valence-electron chi connectivity index (χ0n) is 70.9. The lowest BCUT2D eigenvalue weighted by molar-refractivity contribution is -0.122. The molecule has 0 radical (unpaired) electrons. The Morgan fingerprint density at radius 2 is 0.527 bits per heavy atom. The molecule has 0 heterocycles. The van der Waals surface area contributed by atoms with Gasteiger partial charge in [0.1, 0.15) is 52.0 Å². The molecule has 0 rings (SSSR count). The Balaban J connectivity index is -0.0000000701. The smallest absolute Gasteiger partial charge is 0.185 e. The number of guanidine groups is 2. The number of hydrogen-bond donors (Lipinski definition) is 13. The van der Waals surface area contributed by atoms with Crippen LogP contribution in [0, 0.1) is 59.2 Å². The first kappa shape index (κ1) is 139. The number of ketones is 10. The maximum absolute atomic E-state index is 11.2. The van der Waals surface area contributed by atoms with Crippen molar-refractivity contribution in [1.29, 1.82) is 0 Å². The van der Waals surface area contributed by atoms with Gasteiger partial charge in [-0.1, -0.05) is 235 Å². The van der Waals surface area contributed by atoms with Crippen molar-refractivity contribution < 1.29 is 47.9 Å². The maximum atomic E-state index is 11.2. The van der Waals surface area contributed by atoms with Crippen LogP contribution in [0.25, 0.3) is 0 Å². The van der Waals surface area contributed by atoms with E-state index in [1.54, 1.807) is 0 Å². The average molecular weight is 1580 g/mol. The molecule has 0 aromatic rings. The lowest BCUT2D eigenvalue weighted by Crippen LogP contribution is -2.28. The van der Waals surface area contributed by atoms with E-state index in [1.165, 1.54) is 12.8 Å². The monoisotopic (exact) mass is 1580 g/mol. The lowest BCUT2D eigenvalue weighted by atomic mass is 10.0. The van der Waals surface area contributed by atoms with Gasteiger partial charge in [-0.05, 0) is 77.4 Å². The summed E-state index contributed by atoms with van der Waals surface area (Å²) in [5.74, 6) is 6.10. The molecule has 25 heteroatoms. The van der Waals surface area contributed by atoms with Gasteiger partial charge >= 0.3 is 0 Å². The van der Waals surface area contributed by atoms with Crippen molar-refractivity contribution in [2.45, 2.75) is 331 Å². The summed E-state index contributed by atoms with van der Waals surface area (Å²) in [7, 11) is 0. The number of carbonyl (C=O) groups is 10. The third-order valence-corrected chi connectivity index (χ3v) is 14.6. The number of aliphatic imine (C=N–C) groups is 2. The summed E-state index contributed by atoms with van der Waals surface area (Å²) in [6.45, 7) is 57.5. The third-order valence-electron chi connectivity index (χ3n) is 14.6. The standard InChI is InChI=1S/C11H22N2O.C9H19N3O.C9H18N2O.C9H19NO.C9H18O.C7H15N3O.C7H14N2O.C7H15NO.C6H13NO.C6H12O.5CH4/c1-9(2)11(14)7-5-4-6-8-13-10(3)12;1-7(2)8(13)5-3-4-6-12-9(10)11;1-7(2)9(12)5-4-6-11-8(3)10;1-8(2)9(11)6-4-3-5-7-10;1-4-5-6-7-9(10)8(2)3;1-5(2)6(11)3-4-10-7(8)9;1-5(2)7(10)4-9-6(3)8;1-6(2)7(9)4-3-5-8;1-5(2)6(8)3-4-7;1-4-6(7)5(2)3;;;;;/h9,13H,3-8,12H2,1-2H3;7H,3-6H2,1-2H3,(H4,10,11,12);7,11H,3-6,10H2,1-2H3;8H,3-7,10H2,1-2H3;8H,4-7H2,1-3H3;5H,3-4H2,1-2H3,(H4,8,9,10);5,9H,3-4,8H2,1-2H3;6H,3-5,8H2,1-2H3;5H,3-4,7H2,1-2H3;5H,4H2,1-3H3;5*1H4.